The lowest BCUT2D eigenvalue weighted by atomic mass is 9.67. The number of aryl methyl sites for hydroxylation is 1. The zero-order valence-corrected chi connectivity index (χ0v) is 32.5. The van der Waals surface area contributed by atoms with E-state index in [1.807, 2.05) is 0 Å². The first-order chi connectivity index (χ1) is 28.8. The van der Waals surface area contributed by atoms with E-state index in [4.69, 9.17) is 0 Å². The van der Waals surface area contributed by atoms with Crippen molar-refractivity contribution in [3.8, 4) is 33.4 Å². The number of fused-ring (bicyclic) bond motifs is 5. The lowest BCUT2D eigenvalue weighted by Crippen LogP contribution is -2.28. The number of nitrogens with zero attached hydrogens (tertiary/aromatic N) is 1. The van der Waals surface area contributed by atoms with E-state index in [1.54, 1.807) is 0 Å². The predicted octanol–water partition coefficient (Wildman–Crippen LogP) is 14.9. The Hall–Kier alpha value is -6.96. The van der Waals surface area contributed by atoms with Crippen molar-refractivity contribution in [3.63, 3.8) is 0 Å². The average Bonchev–Trinajstić information content (AvgIpc) is 3.59. The third-order valence-electron chi connectivity index (χ3n) is 12.7. The molecule has 0 spiro atoms. The second-order valence-electron chi connectivity index (χ2n) is 15.9. The zero-order valence-electron chi connectivity index (χ0n) is 32.5. The SMILES string of the molecule is c1ccc(N(c2ccc3ccccc3c2)c2cc3c(cc2-c2ccc(-c4cccc5c4CCCC5)cc2)-c2ccccc2C3(c2ccccc2)c2ccccc2)cc1. The fourth-order valence-electron chi connectivity index (χ4n) is 10.1. The summed E-state index contributed by atoms with van der Waals surface area (Å²) in [7, 11) is 0. The summed E-state index contributed by atoms with van der Waals surface area (Å²) < 4.78 is 0. The minimum absolute atomic E-state index is 0.524. The van der Waals surface area contributed by atoms with Gasteiger partial charge in [-0.1, -0.05) is 176 Å². The van der Waals surface area contributed by atoms with Crippen LogP contribution in [0.25, 0.3) is 44.2 Å². The molecule has 0 bridgehead atoms. The van der Waals surface area contributed by atoms with Gasteiger partial charge in [-0.15, -0.1) is 0 Å². The summed E-state index contributed by atoms with van der Waals surface area (Å²) in [6.45, 7) is 0. The molecule has 9 aromatic carbocycles. The van der Waals surface area contributed by atoms with E-state index < -0.39 is 5.41 Å². The number of anilines is 3. The molecule has 1 nitrogen and oxygen atoms in total. The van der Waals surface area contributed by atoms with Crippen molar-refractivity contribution >= 4 is 27.8 Å². The molecule has 0 heterocycles. The Kier molecular flexibility index (Phi) is 8.40. The summed E-state index contributed by atoms with van der Waals surface area (Å²) in [5, 5.41) is 2.45. The molecule has 1 heteroatoms. The predicted molar refractivity (Wildman–Crippen MR) is 243 cm³/mol. The Bertz CT molecular complexity index is 2890. The molecule has 11 rings (SSSR count). The molecular formula is C57H43N. The van der Waals surface area contributed by atoms with E-state index in [9.17, 15) is 0 Å². The second-order valence-corrected chi connectivity index (χ2v) is 15.9. The molecule has 0 amide bonds. The van der Waals surface area contributed by atoms with Gasteiger partial charge >= 0.3 is 0 Å². The quantitative estimate of drug-likeness (QED) is 0.157. The first kappa shape index (κ1) is 34.3. The van der Waals surface area contributed by atoms with E-state index >= 15 is 0 Å². The summed E-state index contributed by atoms with van der Waals surface area (Å²) in [5.41, 5.74) is 18.7. The van der Waals surface area contributed by atoms with Gasteiger partial charge in [0.05, 0.1) is 11.1 Å². The van der Waals surface area contributed by atoms with Gasteiger partial charge in [0.15, 0.2) is 0 Å². The lowest BCUT2D eigenvalue weighted by Gasteiger charge is -2.35. The first-order valence-corrected chi connectivity index (χ1v) is 20.7. The Labute approximate surface area is 341 Å². The molecule has 0 N–H and O–H groups in total. The molecule has 0 radical (unpaired) electrons. The highest BCUT2D eigenvalue weighted by atomic mass is 15.1. The highest BCUT2D eigenvalue weighted by Crippen LogP contribution is 2.59. The van der Waals surface area contributed by atoms with Gasteiger partial charge in [0.1, 0.15) is 0 Å². The number of hydrogen-bond acceptors (Lipinski definition) is 1. The standard InChI is InChI=1S/C57H43N/c1-4-21-45(22-5-1)57(46-23-6-2-7-24-46)54-30-15-14-28-51(54)53-38-52(43-33-31-42(32-34-43)50-29-16-20-41-18-12-13-27-49(41)50)56(39-55(53)57)58(47-25-8-3-9-26-47)48-36-35-40-17-10-11-19-44(40)37-48/h1-11,14-17,19-26,28-39H,12-13,18,27H2. The summed E-state index contributed by atoms with van der Waals surface area (Å²) in [6, 6.07) is 79.1. The minimum Gasteiger partial charge on any atom is -0.310 e. The second kappa shape index (κ2) is 14.2. The van der Waals surface area contributed by atoms with E-state index in [0.717, 1.165) is 23.5 Å². The van der Waals surface area contributed by atoms with Crippen molar-refractivity contribution in [1.29, 1.82) is 0 Å². The van der Waals surface area contributed by atoms with Crippen LogP contribution < -0.4 is 4.90 Å². The minimum atomic E-state index is -0.524. The first-order valence-electron chi connectivity index (χ1n) is 20.7. The van der Waals surface area contributed by atoms with Gasteiger partial charge in [-0.25, -0.2) is 0 Å². The van der Waals surface area contributed by atoms with Gasteiger partial charge in [0.25, 0.3) is 0 Å². The molecule has 0 aliphatic heterocycles. The zero-order chi connectivity index (χ0) is 38.5. The summed E-state index contributed by atoms with van der Waals surface area (Å²) in [6.07, 6.45) is 4.88. The monoisotopic (exact) mass is 741 g/mol. The van der Waals surface area contributed by atoms with Crippen molar-refractivity contribution in [2.45, 2.75) is 31.1 Å². The molecule has 276 valence electrons. The van der Waals surface area contributed by atoms with E-state index in [1.165, 1.54) is 96.8 Å². The highest BCUT2D eigenvalue weighted by molar-refractivity contribution is 5.98. The van der Waals surface area contributed by atoms with Crippen molar-refractivity contribution < 1.29 is 0 Å². The van der Waals surface area contributed by atoms with Crippen LogP contribution in [0.2, 0.25) is 0 Å². The van der Waals surface area contributed by atoms with Crippen molar-refractivity contribution in [2.24, 2.45) is 0 Å². The van der Waals surface area contributed by atoms with Crippen LogP contribution in [0.4, 0.5) is 17.1 Å². The molecule has 0 fully saturated rings. The molecule has 0 saturated carbocycles. The smallest absolute Gasteiger partial charge is 0.0714 e. The Balaban J connectivity index is 1.21. The lowest BCUT2D eigenvalue weighted by molar-refractivity contribution is 0.687. The summed E-state index contributed by atoms with van der Waals surface area (Å²) in [5.74, 6) is 0. The molecule has 0 saturated heterocycles. The number of hydrogen-bond donors (Lipinski definition) is 0. The van der Waals surface area contributed by atoms with Gasteiger partial charge in [0, 0.05) is 16.9 Å². The highest BCUT2D eigenvalue weighted by Gasteiger charge is 2.46. The third kappa shape index (κ3) is 5.53. The number of rotatable bonds is 7. The van der Waals surface area contributed by atoms with Gasteiger partial charge in [-0.05, 0) is 134 Å². The largest absolute Gasteiger partial charge is 0.310 e. The fraction of sp³-hybridized carbons (Fsp3) is 0.0877. The number of para-hydroxylation sites is 1. The molecule has 9 aromatic rings. The fourth-order valence-corrected chi connectivity index (χ4v) is 10.1. The molecule has 2 aliphatic rings. The van der Waals surface area contributed by atoms with E-state index in [2.05, 4.69) is 217 Å². The molecule has 58 heavy (non-hydrogen) atoms. The van der Waals surface area contributed by atoms with Crippen LogP contribution in [0.3, 0.4) is 0 Å². The van der Waals surface area contributed by atoms with Gasteiger partial charge < -0.3 is 4.90 Å². The maximum atomic E-state index is 2.52. The van der Waals surface area contributed by atoms with Gasteiger partial charge in [0.2, 0.25) is 0 Å². The maximum absolute atomic E-state index is 2.52. The van der Waals surface area contributed by atoms with E-state index in [-0.39, 0.29) is 0 Å². The summed E-state index contributed by atoms with van der Waals surface area (Å²) in [4.78, 5) is 2.48. The average molecular weight is 742 g/mol. The molecule has 2 aliphatic carbocycles. The van der Waals surface area contributed by atoms with Gasteiger partial charge in [-0.3, -0.25) is 0 Å². The van der Waals surface area contributed by atoms with E-state index in [0.29, 0.717) is 0 Å². The Morgan fingerprint density at radius 1 is 0.362 bits per heavy atom. The molecule has 0 atom stereocenters. The number of benzene rings is 9. The third-order valence-corrected chi connectivity index (χ3v) is 12.7. The molecule has 0 unspecified atom stereocenters. The maximum Gasteiger partial charge on any atom is 0.0714 e. The van der Waals surface area contributed by atoms with Crippen LogP contribution in [0.15, 0.2) is 212 Å². The summed E-state index contributed by atoms with van der Waals surface area (Å²) >= 11 is 0. The Morgan fingerprint density at radius 2 is 0.966 bits per heavy atom. The van der Waals surface area contributed by atoms with Gasteiger partial charge in [-0.2, -0.15) is 0 Å². The topological polar surface area (TPSA) is 3.24 Å². The van der Waals surface area contributed by atoms with Crippen LogP contribution >= 0.6 is 0 Å². The molecular weight excluding hydrogens is 699 g/mol. The molecule has 0 aromatic heterocycles. The van der Waals surface area contributed by atoms with Crippen LogP contribution in [-0.2, 0) is 18.3 Å². The normalized spacial score (nSPS) is 13.7. The van der Waals surface area contributed by atoms with Crippen LogP contribution in [0.1, 0.15) is 46.2 Å². The van der Waals surface area contributed by atoms with Crippen molar-refractivity contribution in [3.05, 3.63) is 246 Å². The van der Waals surface area contributed by atoms with Crippen LogP contribution in [0, 0.1) is 0 Å². The van der Waals surface area contributed by atoms with Crippen LogP contribution in [0.5, 0.6) is 0 Å². The van der Waals surface area contributed by atoms with Crippen LogP contribution in [-0.4, -0.2) is 0 Å². The van der Waals surface area contributed by atoms with Crippen molar-refractivity contribution in [2.75, 3.05) is 4.90 Å². The Morgan fingerprint density at radius 3 is 1.71 bits per heavy atom. The van der Waals surface area contributed by atoms with Crippen molar-refractivity contribution in [1.82, 2.24) is 0 Å².